The Bertz CT molecular complexity index is 619. The Morgan fingerprint density at radius 1 is 1.26 bits per heavy atom. The quantitative estimate of drug-likeness (QED) is 0.332. The van der Waals surface area contributed by atoms with Crippen LogP contribution in [-0.2, 0) is 38.1 Å². The van der Waals surface area contributed by atoms with E-state index in [-0.39, 0.29) is 5.76 Å². The van der Waals surface area contributed by atoms with E-state index in [1.807, 2.05) is 0 Å². The normalized spacial score (nSPS) is 23.8. The van der Waals surface area contributed by atoms with Crippen molar-refractivity contribution in [2.24, 2.45) is 5.73 Å². The molecule has 1 heterocycles. The van der Waals surface area contributed by atoms with Crippen LogP contribution >= 0.6 is 0 Å². The number of hydrogen-bond donors (Lipinski definition) is 3. The van der Waals surface area contributed by atoms with Crippen molar-refractivity contribution in [1.29, 1.82) is 0 Å². The van der Waals surface area contributed by atoms with Crippen molar-refractivity contribution in [3.05, 3.63) is 11.8 Å². The monoisotopic (exact) mass is 388 g/mol. The number of nitrogens with one attached hydrogen (secondary N) is 1. The fourth-order valence-electron chi connectivity index (χ4n) is 2.51. The van der Waals surface area contributed by atoms with E-state index in [1.165, 1.54) is 13.0 Å². The topological polar surface area (TPSA) is 163 Å². The first-order valence-electron chi connectivity index (χ1n) is 8.05. The summed E-state index contributed by atoms with van der Waals surface area (Å²) in [5.41, 5.74) is 6.01. The molecule has 1 aliphatic heterocycles. The third-order valence-corrected chi connectivity index (χ3v) is 3.59. The third-order valence-electron chi connectivity index (χ3n) is 3.59. The lowest BCUT2D eigenvalue weighted by molar-refractivity contribution is -0.175. The number of carbonyl (C=O) groups excluding carboxylic acids is 4. The molecule has 0 aromatic carbocycles. The fraction of sp³-hybridized carbons (Fsp3) is 0.625. The van der Waals surface area contributed by atoms with Gasteiger partial charge in [0.2, 0.25) is 11.7 Å². The minimum Gasteiger partial charge on any atom is -0.477 e. The van der Waals surface area contributed by atoms with E-state index < -0.39 is 60.8 Å². The number of methoxy groups -OCH3 is 1. The molecule has 0 spiro atoms. The molecule has 0 aliphatic carbocycles. The summed E-state index contributed by atoms with van der Waals surface area (Å²) in [4.78, 5) is 45.8. The van der Waals surface area contributed by atoms with Crippen LogP contribution in [0.5, 0.6) is 0 Å². The maximum atomic E-state index is 11.8. The minimum absolute atomic E-state index is 0.270. The molecule has 0 aromatic heterocycles. The predicted octanol–water partition coefficient (Wildman–Crippen LogP) is -1.87. The van der Waals surface area contributed by atoms with Crippen molar-refractivity contribution in [1.82, 2.24) is 5.32 Å². The molecule has 0 radical (unpaired) electrons. The van der Waals surface area contributed by atoms with Crippen LogP contribution in [0.15, 0.2) is 11.8 Å². The summed E-state index contributed by atoms with van der Waals surface area (Å²) in [7, 11) is 1.13. The number of aliphatic hydroxyl groups is 1. The predicted molar refractivity (Wildman–Crippen MR) is 88.7 cm³/mol. The van der Waals surface area contributed by atoms with Gasteiger partial charge in [0.25, 0.3) is 0 Å². The first-order chi connectivity index (χ1) is 12.6. The molecular weight excluding hydrogens is 364 g/mol. The standard InChI is InChI=1S/C16H24N2O9/c1-7(19)18-13-10(17)5-12(16(23)24-4)27-15(13)14(26-9(3)21)11(22)6-25-8(2)20/h5,10-11,13-15,22H,6,17H2,1-4H3,(H,18,19)/t10-,11+,13+,14+,15+/m0/s1. The van der Waals surface area contributed by atoms with Crippen LogP contribution in [0.3, 0.4) is 0 Å². The fourth-order valence-corrected chi connectivity index (χ4v) is 2.51. The van der Waals surface area contributed by atoms with Crippen LogP contribution in [0.1, 0.15) is 20.8 Å². The minimum atomic E-state index is -1.51. The summed E-state index contributed by atoms with van der Waals surface area (Å²) in [6, 6.07) is -1.87. The molecule has 0 bridgehead atoms. The van der Waals surface area contributed by atoms with Crippen molar-refractivity contribution in [2.75, 3.05) is 13.7 Å². The van der Waals surface area contributed by atoms with Crippen LogP contribution in [0, 0.1) is 0 Å². The van der Waals surface area contributed by atoms with Crippen molar-refractivity contribution >= 4 is 23.8 Å². The largest absolute Gasteiger partial charge is 0.477 e. The summed E-state index contributed by atoms with van der Waals surface area (Å²) in [5, 5.41) is 12.9. The maximum Gasteiger partial charge on any atom is 0.373 e. The van der Waals surface area contributed by atoms with Crippen molar-refractivity contribution in [2.45, 2.75) is 51.2 Å². The molecule has 11 heteroatoms. The van der Waals surface area contributed by atoms with Crippen molar-refractivity contribution in [3.8, 4) is 0 Å². The first kappa shape index (κ1) is 22.4. The Kier molecular flexibility index (Phi) is 8.19. The van der Waals surface area contributed by atoms with Gasteiger partial charge in [0.1, 0.15) is 12.7 Å². The molecule has 1 aliphatic rings. The van der Waals surface area contributed by atoms with E-state index in [9.17, 15) is 24.3 Å². The van der Waals surface area contributed by atoms with E-state index in [4.69, 9.17) is 19.9 Å². The number of esters is 3. The molecule has 0 aromatic rings. The summed E-state index contributed by atoms with van der Waals surface area (Å²) in [6.07, 6.45) is -2.93. The molecule has 1 rings (SSSR count). The number of rotatable bonds is 7. The molecule has 0 saturated carbocycles. The Labute approximate surface area is 155 Å². The lowest BCUT2D eigenvalue weighted by Gasteiger charge is -2.40. The third kappa shape index (κ3) is 6.53. The Balaban J connectivity index is 3.22. The van der Waals surface area contributed by atoms with Crippen LogP contribution in [-0.4, -0.2) is 73.0 Å². The number of aliphatic hydroxyl groups excluding tert-OH is 1. The smallest absolute Gasteiger partial charge is 0.373 e. The molecule has 27 heavy (non-hydrogen) atoms. The molecule has 0 saturated heterocycles. The SMILES string of the molecule is COC(=O)C1=C[C@H](N)[C@@H](NC(C)=O)[C@H]([C@H](OC(C)=O)[C@H](O)COC(C)=O)O1. The molecule has 4 N–H and O–H groups in total. The highest BCUT2D eigenvalue weighted by atomic mass is 16.6. The lowest BCUT2D eigenvalue weighted by atomic mass is 9.92. The summed E-state index contributed by atoms with van der Waals surface area (Å²) < 4.78 is 20.0. The molecule has 5 atom stereocenters. The van der Waals surface area contributed by atoms with Gasteiger partial charge in [-0.3, -0.25) is 14.4 Å². The van der Waals surface area contributed by atoms with E-state index in [0.717, 1.165) is 21.0 Å². The number of carbonyl (C=O) groups is 4. The Morgan fingerprint density at radius 2 is 1.89 bits per heavy atom. The van der Waals surface area contributed by atoms with Crippen molar-refractivity contribution < 1.29 is 43.2 Å². The van der Waals surface area contributed by atoms with E-state index in [0.29, 0.717) is 0 Å². The molecule has 11 nitrogen and oxygen atoms in total. The van der Waals surface area contributed by atoms with Crippen LogP contribution < -0.4 is 11.1 Å². The lowest BCUT2D eigenvalue weighted by Crippen LogP contribution is -2.62. The average molecular weight is 388 g/mol. The summed E-state index contributed by atoms with van der Waals surface area (Å²) in [5.74, 6) is -3.00. The molecule has 0 fully saturated rings. The van der Waals surface area contributed by atoms with Gasteiger partial charge in [-0.1, -0.05) is 0 Å². The number of ether oxygens (including phenoxy) is 4. The molecule has 1 amide bonds. The zero-order valence-corrected chi connectivity index (χ0v) is 15.5. The molecule has 0 unspecified atom stereocenters. The Morgan fingerprint density at radius 3 is 2.37 bits per heavy atom. The van der Waals surface area contributed by atoms with E-state index in [2.05, 4.69) is 10.1 Å². The Hall–Kier alpha value is -2.66. The van der Waals surface area contributed by atoms with Gasteiger partial charge < -0.3 is 35.1 Å². The van der Waals surface area contributed by atoms with Gasteiger partial charge in [0, 0.05) is 20.8 Å². The zero-order valence-electron chi connectivity index (χ0n) is 15.5. The van der Waals surface area contributed by atoms with Crippen LogP contribution in [0.4, 0.5) is 0 Å². The van der Waals surface area contributed by atoms with Gasteiger partial charge in [-0.25, -0.2) is 4.79 Å². The van der Waals surface area contributed by atoms with Gasteiger partial charge >= 0.3 is 17.9 Å². The van der Waals surface area contributed by atoms with Crippen molar-refractivity contribution in [3.63, 3.8) is 0 Å². The highest BCUT2D eigenvalue weighted by molar-refractivity contribution is 5.86. The summed E-state index contributed by atoms with van der Waals surface area (Å²) in [6.45, 7) is 2.96. The summed E-state index contributed by atoms with van der Waals surface area (Å²) >= 11 is 0. The van der Waals surface area contributed by atoms with Crippen LogP contribution in [0.25, 0.3) is 0 Å². The van der Waals surface area contributed by atoms with E-state index >= 15 is 0 Å². The first-order valence-corrected chi connectivity index (χ1v) is 8.05. The van der Waals surface area contributed by atoms with E-state index in [1.54, 1.807) is 0 Å². The number of nitrogens with two attached hydrogens (primary N) is 1. The maximum absolute atomic E-state index is 11.8. The average Bonchev–Trinajstić information content (AvgIpc) is 2.57. The zero-order chi connectivity index (χ0) is 20.7. The van der Waals surface area contributed by atoms with Gasteiger partial charge in [0.15, 0.2) is 12.2 Å². The van der Waals surface area contributed by atoms with Gasteiger partial charge in [0.05, 0.1) is 19.2 Å². The van der Waals surface area contributed by atoms with Gasteiger partial charge in [-0.05, 0) is 6.08 Å². The van der Waals surface area contributed by atoms with Gasteiger partial charge in [-0.15, -0.1) is 0 Å². The molecular formula is C16H24N2O9. The van der Waals surface area contributed by atoms with Crippen LogP contribution in [0.2, 0.25) is 0 Å². The van der Waals surface area contributed by atoms with Gasteiger partial charge in [-0.2, -0.15) is 0 Å². The second-order valence-electron chi connectivity index (χ2n) is 5.85. The second-order valence-corrected chi connectivity index (χ2v) is 5.85. The molecule has 152 valence electrons. The number of amides is 1. The second kappa shape index (κ2) is 9.88. The highest BCUT2D eigenvalue weighted by Crippen LogP contribution is 2.24. The highest BCUT2D eigenvalue weighted by Gasteiger charge is 2.45. The number of hydrogen-bond acceptors (Lipinski definition) is 10.